The van der Waals surface area contributed by atoms with Crippen molar-refractivity contribution in [2.24, 2.45) is 0 Å². The summed E-state index contributed by atoms with van der Waals surface area (Å²) in [6.07, 6.45) is -5.67. The zero-order valence-electron chi connectivity index (χ0n) is 14.1. The third-order valence-corrected chi connectivity index (χ3v) is 3.76. The number of carbonyl (C=O) groups is 2. The molecule has 1 atom stereocenters. The minimum atomic E-state index is -4.59. The largest absolute Gasteiger partial charge is 0.482 e. The standard InChI is InChI=1S/C18H15F3N2O4/c1-10(17(25)23-13-5-3-2-4-12(13)18(19,20)21)27-11-6-7-15-14(8-11)22-16(24)9-26-15/h2-8,10H,9H2,1H3,(H,22,24)(H,23,25). The Morgan fingerprint density at radius 1 is 1.26 bits per heavy atom. The Hall–Kier alpha value is -3.23. The second-order valence-corrected chi connectivity index (χ2v) is 5.79. The first-order valence-corrected chi connectivity index (χ1v) is 7.94. The molecule has 6 nitrogen and oxygen atoms in total. The average molecular weight is 380 g/mol. The van der Waals surface area contributed by atoms with Crippen LogP contribution in [-0.2, 0) is 15.8 Å². The summed E-state index contributed by atoms with van der Waals surface area (Å²) in [7, 11) is 0. The van der Waals surface area contributed by atoms with Gasteiger partial charge >= 0.3 is 6.18 Å². The maximum Gasteiger partial charge on any atom is 0.418 e. The van der Waals surface area contributed by atoms with E-state index in [1.165, 1.54) is 37.3 Å². The number of para-hydroxylation sites is 1. The lowest BCUT2D eigenvalue weighted by Gasteiger charge is -2.20. The van der Waals surface area contributed by atoms with Crippen molar-refractivity contribution in [2.75, 3.05) is 17.2 Å². The van der Waals surface area contributed by atoms with Gasteiger partial charge in [0.25, 0.3) is 11.8 Å². The summed E-state index contributed by atoms with van der Waals surface area (Å²) in [4.78, 5) is 23.6. The maximum atomic E-state index is 13.0. The predicted molar refractivity (Wildman–Crippen MR) is 90.7 cm³/mol. The van der Waals surface area contributed by atoms with Crippen LogP contribution in [-0.4, -0.2) is 24.5 Å². The zero-order valence-corrected chi connectivity index (χ0v) is 14.1. The molecule has 2 aromatic rings. The number of carbonyl (C=O) groups excluding carboxylic acids is 2. The minimum absolute atomic E-state index is 0.0926. The molecule has 0 aliphatic carbocycles. The molecule has 2 aromatic carbocycles. The van der Waals surface area contributed by atoms with Crippen LogP contribution in [0.4, 0.5) is 24.5 Å². The SMILES string of the molecule is CC(Oc1ccc2c(c1)NC(=O)CO2)C(=O)Nc1ccccc1C(F)(F)F. The number of benzene rings is 2. The molecule has 1 unspecified atom stereocenters. The Labute approximate surface area is 152 Å². The molecule has 0 saturated carbocycles. The van der Waals surface area contributed by atoms with Crippen molar-refractivity contribution >= 4 is 23.2 Å². The van der Waals surface area contributed by atoms with Crippen LogP contribution in [0.3, 0.4) is 0 Å². The molecule has 1 aliphatic rings. The smallest absolute Gasteiger partial charge is 0.418 e. The van der Waals surface area contributed by atoms with Gasteiger partial charge in [-0.3, -0.25) is 9.59 Å². The second kappa shape index (κ2) is 7.18. The number of ether oxygens (including phenoxy) is 2. The van der Waals surface area contributed by atoms with Gasteiger partial charge in [0.2, 0.25) is 0 Å². The van der Waals surface area contributed by atoms with Crippen molar-refractivity contribution in [2.45, 2.75) is 19.2 Å². The van der Waals surface area contributed by atoms with Crippen LogP contribution in [0.15, 0.2) is 42.5 Å². The fraction of sp³-hybridized carbons (Fsp3) is 0.222. The van der Waals surface area contributed by atoms with Crippen molar-refractivity contribution in [3.05, 3.63) is 48.0 Å². The summed E-state index contributed by atoms with van der Waals surface area (Å²) >= 11 is 0. The van der Waals surface area contributed by atoms with Gasteiger partial charge in [0.15, 0.2) is 12.7 Å². The van der Waals surface area contributed by atoms with E-state index in [1.807, 2.05) is 0 Å². The molecular weight excluding hydrogens is 365 g/mol. The van der Waals surface area contributed by atoms with Crippen LogP contribution in [0.25, 0.3) is 0 Å². The molecule has 0 spiro atoms. The fourth-order valence-electron chi connectivity index (χ4n) is 2.47. The summed E-state index contributed by atoms with van der Waals surface area (Å²) in [5, 5.41) is 4.83. The highest BCUT2D eigenvalue weighted by Crippen LogP contribution is 2.35. The lowest BCUT2D eigenvalue weighted by atomic mass is 10.1. The molecule has 0 bridgehead atoms. The average Bonchev–Trinajstić information content (AvgIpc) is 2.60. The molecule has 9 heteroatoms. The molecule has 142 valence electrons. The van der Waals surface area contributed by atoms with Gasteiger partial charge in [0, 0.05) is 6.07 Å². The first-order chi connectivity index (χ1) is 12.7. The third kappa shape index (κ3) is 4.30. The van der Waals surface area contributed by atoms with E-state index in [1.54, 1.807) is 6.07 Å². The van der Waals surface area contributed by atoms with Crippen molar-refractivity contribution in [1.29, 1.82) is 0 Å². The summed E-state index contributed by atoms with van der Waals surface area (Å²) in [6.45, 7) is 1.31. The second-order valence-electron chi connectivity index (χ2n) is 5.79. The number of halogens is 3. The molecular formula is C18H15F3N2O4. The lowest BCUT2D eigenvalue weighted by molar-refractivity contribution is -0.137. The quantitative estimate of drug-likeness (QED) is 0.852. The normalized spacial score (nSPS) is 14.4. The van der Waals surface area contributed by atoms with Gasteiger partial charge in [0.05, 0.1) is 16.9 Å². The van der Waals surface area contributed by atoms with E-state index in [4.69, 9.17) is 9.47 Å². The van der Waals surface area contributed by atoms with Crippen molar-refractivity contribution < 1.29 is 32.2 Å². The van der Waals surface area contributed by atoms with Crippen molar-refractivity contribution in [1.82, 2.24) is 0 Å². The monoisotopic (exact) mass is 380 g/mol. The zero-order chi connectivity index (χ0) is 19.6. The Balaban J connectivity index is 1.70. The van der Waals surface area contributed by atoms with Gasteiger partial charge in [0.1, 0.15) is 11.5 Å². The first kappa shape index (κ1) is 18.6. The van der Waals surface area contributed by atoms with Gasteiger partial charge in [-0.15, -0.1) is 0 Å². The van der Waals surface area contributed by atoms with E-state index in [0.29, 0.717) is 11.4 Å². The van der Waals surface area contributed by atoms with Gasteiger partial charge in [-0.25, -0.2) is 0 Å². The molecule has 0 saturated heterocycles. The van der Waals surface area contributed by atoms with E-state index in [2.05, 4.69) is 10.6 Å². The van der Waals surface area contributed by atoms with Crippen LogP contribution in [0, 0.1) is 0 Å². The summed E-state index contributed by atoms with van der Waals surface area (Å²) in [5.41, 5.74) is -0.908. The molecule has 0 aromatic heterocycles. The van der Waals surface area contributed by atoms with E-state index in [9.17, 15) is 22.8 Å². The Morgan fingerprint density at radius 3 is 2.74 bits per heavy atom. The maximum absolute atomic E-state index is 13.0. The highest BCUT2D eigenvalue weighted by Gasteiger charge is 2.34. The van der Waals surface area contributed by atoms with Crippen LogP contribution in [0.5, 0.6) is 11.5 Å². The summed E-state index contributed by atoms with van der Waals surface area (Å²) < 4.78 is 49.7. The third-order valence-electron chi connectivity index (χ3n) is 3.76. The number of alkyl halides is 3. The fourth-order valence-corrected chi connectivity index (χ4v) is 2.47. The molecule has 3 rings (SSSR count). The lowest BCUT2D eigenvalue weighted by Crippen LogP contribution is -2.31. The first-order valence-electron chi connectivity index (χ1n) is 7.94. The van der Waals surface area contributed by atoms with E-state index in [0.717, 1.165) is 6.07 Å². The summed E-state index contributed by atoms with van der Waals surface area (Å²) in [6, 6.07) is 9.24. The topological polar surface area (TPSA) is 76.7 Å². The van der Waals surface area contributed by atoms with E-state index in [-0.39, 0.29) is 24.0 Å². The number of fused-ring (bicyclic) bond motifs is 1. The van der Waals surface area contributed by atoms with E-state index >= 15 is 0 Å². The van der Waals surface area contributed by atoms with Crippen molar-refractivity contribution in [3.63, 3.8) is 0 Å². The molecule has 2 amide bonds. The van der Waals surface area contributed by atoms with Gasteiger partial charge in [-0.05, 0) is 31.2 Å². The Morgan fingerprint density at radius 2 is 2.00 bits per heavy atom. The molecule has 0 fully saturated rings. The Kier molecular flexibility index (Phi) is 4.93. The number of anilines is 2. The highest BCUT2D eigenvalue weighted by molar-refractivity contribution is 5.96. The number of rotatable bonds is 4. The number of hydrogen-bond acceptors (Lipinski definition) is 4. The Bertz CT molecular complexity index is 883. The van der Waals surface area contributed by atoms with Crippen LogP contribution in [0.1, 0.15) is 12.5 Å². The van der Waals surface area contributed by atoms with Crippen LogP contribution < -0.4 is 20.1 Å². The van der Waals surface area contributed by atoms with Gasteiger partial charge in [-0.1, -0.05) is 12.1 Å². The van der Waals surface area contributed by atoms with Crippen molar-refractivity contribution in [3.8, 4) is 11.5 Å². The minimum Gasteiger partial charge on any atom is -0.482 e. The van der Waals surface area contributed by atoms with Crippen LogP contribution >= 0.6 is 0 Å². The number of amides is 2. The number of nitrogens with one attached hydrogen (secondary N) is 2. The summed E-state index contributed by atoms with van der Waals surface area (Å²) in [5.74, 6) is -0.358. The van der Waals surface area contributed by atoms with Gasteiger partial charge in [-0.2, -0.15) is 13.2 Å². The molecule has 0 radical (unpaired) electrons. The highest BCUT2D eigenvalue weighted by atomic mass is 19.4. The molecule has 27 heavy (non-hydrogen) atoms. The molecule has 1 heterocycles. The molecule has 2 N–H and O–H groups in total. The predicted octanol–water partition coefficient (Wildman–Crippen LogP) is 3.44. The van der Waals surface area contributed by atoms with Gasteiger partial charge < -0.3 is 20.1 Å². The van der Waals surface area contributed by atoms with Crippen LogP contribution in [0.2, 0.25) is 0 Å². The van der Waals surface area contributed by atoms with E-state index < -0.39 is 23.8 Å². The number of hydrogen-bond donors (Lipinski definition) is 2. The molecule has 1 aliphatic heterocycles.